The maximum Gasteiger partial charge on any atom is 0.228 e. The zero-order valence-corrected chi connectivity index (χ0v) is 11.8. The van der Waals surface area contributed by atoms with E-state index < -0.39 is 0 Å². The fourth-order valence-electron chi connectivity index (χ4n) is 1.94. The molecule has 18 heavy (non-hydrogen) atoms. The first-order valence-electron chi connectivity index (χ1n) is 6.05. The minimum absolute atomic E-state index is 0.0557. The second-order valence-corrected chi connectivity index (χ2v) is 5.36. The lowest BCUT2D eigenvalue weighted by Crippen LogP contribution is -2.51. The summed E-state index contributed by atoms with van der Waals surface area (Å²) in [4.78, 5) is 13.8. The van der Waals surface area contributed by atoms with Crippen LogP contribution in [0.4, 0.5) is 4.39 Å². The average Bonchev–Trinajstić information content (AvgIpc) is 2.27. The Kier molecular flexibility index (Phi) is 4.35. The van der Waals surface area contributed by atoms with Gasteiger partial charge in [0.1, 0.15) is 5.82 Å². The number of amides is 1. The van der Waals surface area contributed by atoms with Crippen LogP contribution in [0, 0.1) is 11.7 Å². The Hall–Kier alpha value is -0.940. The van der Waals surface area contributed by atoms with Crippen molar-refractivity contribution in [1.82, 2.24) is 10.2 Å². The molecule has 1 heterocycles. The molecule has 1 aliphatic rings. The summed E-state index contributed by atoms with van der Waals surface area (Å²) in [5.74, 6) is -0.105. The van der Waals surface area contributed by atoms with Gasteiger partial charge in [-0.2, -0.15) is 0 Å². The van der Waals surface area contributed by atoms with E-state index in [4.69, 9.17) is 0 Å². The standard InChI is InChI=1S/C13H16BrFN2O/c1-2-17(13(18)10-6-16-7-10)8-9-5-11(14)3-4-12(9)15/h3-5,10,16H,2,6-8H2,1H3. The lowest BCUT2D eigenvalue weighted by molar-refractivity contribution is -0.137. The number of nitrogens with zero attached hydrogens (tertiary/aromatic N) is 1. The second-order valence-electron chi connectivity index (χ2n) is 4.44. The van der Waals surface area contributed by atoms with Crippen LogP contribution < -0.4 is 5.32 Å². The predicted octanol–water partition coefficient (Wildman–Crippen LogP) is 2.16. The van der Waals surface area contributed by atoms with Crippen molar-refractivity contribution in [2.45, 2.75) is 13.5 Å². The van der Waals surface area contributed by atoms with Crippen LogP contribution in [0.25, 0.3) is 0 Å². The van der Waals surface area contributed by atoms with Crippen LogP contribution in [-0.2, 0) is 11.3 Å². The zero-order chi connectivity index (χ0) is 13.1. The molecule has 1 fully saturated rings. The SMILES string of the molecule is CCN(Cc1cc(Br)ccc1F)C(=O)C1CNC1. The summed E-state index contributed by atoms with van der Waals surface area (Å²) in [6, 6.07) is 4.81. The van der Waals surface area contributed by atoms with Crippen LogP contribution in [0.3, 0.4) is 0 Å². The van der Waals surface area contributed by atoms with Gasteiger partial charge >= 0.3 is 0 Å². The predicted molar refractivity (Wildman–Crippen MR) is 71.6 cm³/mol. The third-order valence-corrected chi connectivity index (χ3v) is 3.69. The van der Waals surface area contributed by atoms with Gasteiger partial charge in [0.15, 0.2) is 0 Å². The first kappa shape index (κ1) is 13.5. The lowest BCUT2D eigenvalue weighted by atomic mass is 10.0. The third-order valence-electron chi connectivity index (χ3n) is 3.19. The van der Waals surface area contributed by atoms with Crippen molar-refractivity contribution in [2.24, 2.45) is 5.92 Å². The number of benzene rings is 1. The number of nitrogens with one attached hydrogen (secondary N) is 1. The normalized spacial score (nSPS) is 15.3. The molecular weight excluding hydrogens is 299 g/mol. The molecule has 1 aromatic carbocycles. The number of rotatable bonds is 4. The third kappa shape index (κ3) is 2.90. The second kappa shape index (κ2) is 5.80. The highest BCUT2D eigenvalue weighted by Crippen LogP contribution is 2.18. The van der Waals surface area contributed by atoms with Gasteiger partial charge in [-0.05, 0) is 25.1 Å². The van der Waals surface area contributed by atoms with E-state index in [2.05, 4.69) is 21.2 Å². The Morgan fingerprint density at radius 1 is 1.56 bits per heavy atom. The van der Waals surface area contributed by atoms with Gasteiger partial charge in [-0.1, -0.05) is 15.9 Å². The molecule has 1 N–H and O–H groups in total. The minimum atomic E-state index is -0.267. The van der Waals surface area contributed by atoms with E-state index in [-0.39, 0.29) is 17.6 Å². The first-order valence-corrected chi connectivity index (χ1v) is 6.84. The Bertz CT molecular complexity index is 449. The van der Waals surface area contributed by atoms with Gasteiger partial charge in [0.05, 0.1) is 5.92 Å². The molecule has 3 nitrogen and oxygen atoms in total. The average molecular weight is 315 g/mol. The van der Waals surface area contributed by atoms with Gasteiger partial charge in [-0.3, -0.25) is 4.79 Å². The summed E-state index contributed by atoms with van der Waals surface area (Å²) in [6.07, 6.45) is 0. The van der Waals surface area contributed by atoms with E-state index in [9.17, 15) is 9.18 Å². The molecule has 1 aromatic rings. The van der Waals surface area contributed by atoms with Crippen molar-refractivity contribution >= 4 is 21.8 Å². The summed E-state index contributed by atoms with van der Waals surface area (Å²) in [7, 11) is 0. The number of carbonyl (C=O) groups is 1. The Balaban J connectivity index is 2.09. The molecular formula is C13H16BrFN2O. The van der Waals surface area contributed by atoms with Crippen molar-refractivity contribution in [3.05, 3.63) is 34.1 Å². The number of carbonyl (C=O) groups excluding carboxylic acids is 1. The number of hydrogen-bond acceptors (Lipinski definition) is 2. The van der Waals surface area contributed by atoms with Crippen LogP contribution in [0.2, 0.25) is 0 Å². The van der Waals surface area contributed by atoms with Crippen molar-refractivity contribution in [3.8, 4) is 0 Å². The van der Waals surface area contributed by atoms with Gasteiger partial charge in [0.25, 0.3) is 0 Å². The van der Waals surface area contributed by atoms with E-state index >= 15 is 0 Å². The molecule has 1 saturated heterocycles. The molecule has 0 radical (unpaired) electrons. The number of halogens is 2. The van der Waals surface area contributed by atoms with Crippen LogP contribution >= 0.6 is 15.9 Å². The Morgan fingerprint density at radius 2 is 2.28 bits per heavy atom. The Morgan fingerprint density at radius 3 is 2.83 bits per heavy atom. The molecule has 0 saturated carbocycles. The van der Waals surface area contributed by atoms with Crippen LogP contribution in [0.15, 0.2) is 22.7 Å². The molecule has 1 aliphatic heterocycles. The van der Waals surface area contributed by atoms with Gasteiger partial charge in [-0.15, -0.1) is 0 Å². The Labute approximate surface area is 114 Å². The molecule has 0 aromatic heterocycles. The summed E-state index contributed by atoms with van der Waals surface area (Å²) in [5, 5.41) is 3.08. The highest BCUT2D eigenvalue weighted by Gasteiger charge is 2.28. The van der Waals surface area contributed by atoms with Gasteiger partial charge in [0.2, 0.25) is 5.91 Å². The monoisotopic (exact) mass is 314 g/mol. The minimum Gasteiger partial charge on any atom is -0.338 e. The lowest BCUT2D eigenvalue weighted by Gasteiger charge is -2.32. The van der Waals surface area contributed by atoms with Crippen molar-refractivity contribution < 1.29 is 9.18 Å². The van der Waals surface area contributed by atoms with E-state index in [1.165, 1.54) is 6.07 Å². The molecule has 2 rings (SSSR count). The number of hydrogen-bond donors (Lipinski definition) is 1. The topological polar surface area (TPSA) is 32.3 Å². The molecule has 5 heteroatoms. The smallest absolute Gasteiger partial charge is 0.228 e. The van der Waals surface area contributed by atoms with Gasteiger partial charge in [-0.25, -0.2) is 4.39 Å². The summed E-state index contributed by atoms with van der Waals surface area (Å²) < 4.78 is 14.5. The van der Waals surface area contributed by atoms with Crippen LogP contribution in [-0.4, -0.2) is 30.4 Å². The molecule has 0 unspecified atom stereocenters. The van der Waals surface area contributed by atoms with Gasteiger partial charge < -0.3 is 10.2 Å². The van der Waals surface area contributed by atoms with Crippen LogP contribution in [0.1, 0.15) is 12.5 Å². The molecule has 1 amide bonds. The van der Waals surface area contributed by atoms with E-state index in [1.807, 2.05) is 6.92 Å². The highest BCUT2D eigenvalue weighted by atomic mass is 79.9. The molecule has 0 aliphatic carbocycles. The summed E-state index contributed by atoms with van der Waals surface area (Å²) >= 11 is 3.32. The van der Waals surface area contributed by atoms with E-state index in [0.717, 1.165) is 17.6 Å². The fourth-order valence-corrected chi connectivity index (χ4v) is 2.35. The molecule has 0 spiro atoms. The summed E-state index contributed by atoms with van der Waals surface area (Å²) in [5.41, 5.74) is 0.548. The van der Waals surface area contributed by atoms with Crippen molar-refractivity contribution in [3.63, 3.8) is 0 Å². The van der Waals surface area contributed by atoms with Crippen molar-refractivity contribution in [1.29, 1.82) is 0 Å². The maximum atomic E-state index is 13.7. The molecule has 0 atom stereocenters. The van der Waals surface area contributed by atoms with E-state index in [1.54, 1.807) is 17.0 Å². The first-order chi connectivity index (χ1) is 8.61. The van der Waals surface area contributed by atoms with E-state index in [0.29, 0.717) is 18.7 Å². The molecule has 0 bridgehead atoms. The van der Waals surface area contributed by atoms with Crippen molar-refractivity contribution in [2.75, 3.05) is 19.6 Å². The zero-order valence-electron chi connectivity index (χ0n) is 10.2. The van der Waals surface area contributed by atoms with Gasteiger partial charge in [0, 0.05) is 36.2 Å². The highest BCUT2D eigenvalue weighted by molar-refractivity contribution is 9.10. The largest absolute Gasteiger partial charge is 0.338 e. The molecule has 98 valence electrons. The summed E-state index contributed by atoms with van der Waals surface area (Å²) in [6.45, 7) is 4.31. The van der Waals surface area contributed by atoms with Crippen LogP contribution in [0.5, 0.6) is 0 Å². The fraction of sp³-hybridized carbons (Fsp3) is 0.462. The maximum absolute atomic E-state index is 13.7. The quantitative estimate of drug-likeness (QED) is 0.923.